The first kappa shape index (κ1) is 22.2. The molecule has 2 aromatic rings. The van der Waals surface area contributed by atoms with Gasteiger partial charge in [-0.05, 0) is 48.4 Å². The first-order valence-corrected chi connectivity index (χ1v) is 10.0. The van der Waals surface area contributed by atoms with Gasteiger partial charge in [0.25, 0.3) is 0 Å². The standard InChI is InChI=1S/C21H16Cl3NO5/c1-3-4-18(26)29-19-15(24)7-11(9-17(19)28-2)8-16-21(27)30-20(25-16)13-6-5-12(22)10-14(13)23/h5-10H,3-4H2,1-2H3/b16-8-. The Morgan fingerprint density at radius 3 is 2.60 bits per heavy atom. The zero-order valence-electron chi connectivity index (χ0n) is 16.0. The normalized spacial score (nSPS) is 14.5. The molecular weight excluding hydrogens is 453 g/mol. The van der Waals surface area contributed by atoms with Crippen LogP contribution in [0.4, 0.5) is 0 Å². The molecule has 9 heteroatoms. The summed E-state index contributed by atoms with van der Waals surface area (Å²) in [6.45, 7) is 1.86. The van der Waals surface area contributed by atoms with Crippen molar-refractivity contribution in [2.45, 2.75) is 19.8 Å². The van der Waals surface area contributed by atoms with Gasteiger partial charge >= 0.3 is 11.9 Å². The van der Waals surface area contributed by atoms with Crippen molar-refractivity contribution in [3.05, 3.63) is 62.2 Å². The van der Waals surface area contributed by atoms with Crippen LogP contribution in [0, 0.1) is 0 Å². The lowest BCUT2D eigenvalue weighted by Crippen LogP contribution is -2.08. The fourth-order valence-electron chi connectivity index (χ4n) is 2.64. The molecule has 2 aromatic carbocycles. The van der Waals surface area contributed by atoms with E-state index in [1.807, 2.05) is 6.92 Å². The molecule has 0 aromatic heterocycles. The number of methoxy groups -OCH3 is 1. The van der Waals surface area contributed by atoms with Crippen molar-refractivity contribution in [1.82, 2.24) is 0 Å². The zero-order valence-corrected chi connectivity index (χ0v) is 18.3. The number of nitrogens with zero attached hydrogens (tertiary/aromatic N) is 1. The van der Waals surface area contributed by atoms with Crippen molar-refractivity contribution >= 4 is 58.7 Å². The molecule has 0 N–H and O–H groups in total. The lowest BCUT2D eigenvalue weighted by molar-refractivity contribution is -0.134. The summed E-state index contributed by atoms with van der Waals surface area (Å²) in [4.78, 5) is 28.3. The van der Waals surface area contributed by atoms with Crippen molar-refractivity contribution in [2.75, 3.05) is 7.11 Å². The molecule has 1 aliphatic heterocycles. The van der Waals surface area contributed by atoms with Gasteiger partial charge in [-0.3, -0.25) is 4.79 Å². The highest BCUT2D eigenvalue weighted by Crippen LogP contribution is 2.37. The fourth-order valence-corrected chi connectivity index (χ4v) is 3.38. The summed E-state index contributed by atoms with van der Waals surface area (Å²) in [5.41, 5.74) is 0.989. The SMILES string of the molecule is CCCC(=O)Oc1c(Cl)cc(/C=C2\N=C(c3ccc(Cl)cc3Cl)OC2=O)cc1OC. The van der Waals surface area contributed by atoms with Crippen molar-refractivity contribution in [1.29, 1.82) is 0 Å². The van der Waals surface area contributed by atoms with Gasteiger partial charge in [-0.25, -0.2) is 9.79 Å². The molecule has 0 saturated carbocycles. The van der Waals surface area contributed by atoms with Crippen LogP contribution < -0.4 is 9.47 Å². The van der Waals surface area contributed by atoms with E-state index in [4.69, 9.17) is 49.0 Å². The summed E-state index contributed by atoms with van der Waals surface area (Å²) >= 11 is 18.3. The molecule has 1 aliphatic rings. The minimum atomic E-state index is -0.649. The maximum absolute atomic E-state index is 12.3. The molecule has 156 valence electrons. The summed E-state index contributed by atoms with van der Waals surface area (Å²) in [5, 5.41) is 0.908. The summed E-state index contributed by atoms with van der Waals surface area (Å²) < 4.78 is 15.8. The number of halogens is 3. The smallest absolute Gasteiger partial charge is 0.363 e. The summed E-state index contributed by atoms with van der Waals surface area (Å²) in [6, 6.07) is 7.86. The van der Waals surface area contributed by atoms with Crippen molar-refractivity contribution in [2.24, 2.45) is 4.99 Å². The minimum absolute atomic E-state index is 0.0462. The molecule has 0 saturated heterocycles. The molecule has 3 rings (SSSR count). The predicted molar refractivity (Wildman–Crippen MR) is 116 cm³/mol. The van der Waals surface area contributed by atoms with Gasteiger partial charge in [0, 0.05) is 11.4 Å². The van der Waals surface area contributed by atoms with Crippen molar-refractivity contribution in [3.63, 3.8) is 0 Å². The van der Waals surface area contributed by atoms with Crippen LogP contribution in [0.2, 0.25) is 15.1 Å². The van der Waals surface area contributed by atoms with Crippen LogP contribution in [-0.4, -0.2) is 24.9 Å². The molecule has 0 atom stereocenters. The van der Waals surface area contributed by atoms with E-state index in [-0.39, 0.29) is 34.5 Å². The number of aliphatic imine (C=N–C) groups is 1. The molecule has 0 amide bonds. The van der Waals surface area contributed by atoms with Crippen LogP contribution >= 0.6 is 34.8 Å². The molecule has 1 heterocycles. The molecule has 0 bridgehead atoms. The molecule has 0 radical (unpaired) electrons. The Balaban J connectivity index is 1.94. The third kappa shape index (κ3) is 4.95. The number of rotatable bonds is 6. The lowest BCUT2D eigenvalue weighted by atomic mass is 10.1. The van der Waals surface area contributed by atoms with Gasteiger partial charge in [-0.15, -0.1) is 0 Å². The third-order valence-electron chi connectivity index (χ3n) is 4.01. The highest BCUT2D eigenvalue weighted by molar-refractivity contribution is 6.37. The quantitative estimate of drug-likeness (QED) is 0.309. The molecule has 30 heavy (non-hydrogen) atoms. The van der Waals surface area contributed by atoms with Gasteiger partial charge in [0.2, 0.25) is 5.90 Å². The number of benzene rings is 2. The Morgan fingerprint density at radius 2 is 1.93 bits per heavy atom. The van der Waals surface area contributed by atoms with Crippen LogP contribution in [0.1, 0.15) is 30.9 Å². The molecule has 0 unspecified atom stereocenters. The van der Waals surface area contributed by atoms with Crippen LogP contribution in [0.3, 0.4) is 0 Å². The predicted octanol–water partition coefficient (Wildman–Crippen LogP) is 5.71. The minimum Gasteiger partial charge on any atom is -0.493 e. The number of carbonyl (C=O) groups is 2. The van der Waals surface area contributed by atoms with E-state index in [2.05, 4.69) is 4.99 Å². The number of ether oxygens (including phenoxy) is 3. The average Bonchev–Trinajstić information content (AvgIpc) is 3.03. The number of hydrogen-bond donors (Lipinski definition) is 0. The Labute approximate surface area is 188 Å². The number of esters is 2. The largest absolute Gasteiger partial charge is 0.493 e. The van der Waals surface area contributed by atoms with E-state index in [0.29, 0.717) is 27.6 Å². The van der Waals surface area contributed by atoms with Crippen LogP contribution in [0.5, 0.6) is 11.5 Å². The van der Waals surface area contributed by atoms with Crippen LogP contribution in [-0.2, 0) is 14.3 Å². The van der Waals surface area contributed by atoms with Crippen LogP contribution in [0.15, 0.2) is 41.0 Å². The highest BCUT2D eigenvalue weighted by atomic mass is 35.5. The van der Waals surface area contributed by atoms with Gasteiger partial charge in [0.1, 0.15) is 0 Å². The molecule has 0 aliphatic carbocycles. The first-order chi connectivity index (χ1) is 14.3. The zero-order chi connectivity index (χ0) is 21.8. The average molecular weight is 469 g/mol. The lowest BCUT2D eigenvalue weighted by Gasteiger charge is -2.11. The van der Waals surface area contributed by atoms with Gasteiger partial charge < -0.3 is 14.2 Å². The van der Waals surface area contributed by atoms with Crippen molar-refractivity contribution < 1.29 is 23.8 Å². The molecule has 6 nitrogen and oxygen atoms in total. The van der Waals surface area contributed by atoms with Gasteiger partial charge in [0.05, 0.1) is 22.7 Å². The molecule has 0 spiro atoms. The van der Waals surface area contributed by atoms with E-state index in [1.54, 1.807) is 18.2 Å². The Kier molecular flexibility index (Phi) is 7.02. The second kappa shape index (κ2) is 9.51. The van der Waals surface area contributed by atoms with Gasteiger partial charge in [0.15, 0.2) is 17.2 Å². The van der Waals surface area contributed by atoms with Crippen LogP contribution in [0.25, 0.3) is 6.08 Å². The summed E-state index contributed by atoms with van der Waals surface area (Å²) in [7, 11) is 1.42. The second-order valence-corrected chi connectivity index (χ2v) is 7.47. The summed E-state index contributed by atoms with van der Waals surface area (Å²) in [6.07, 6.45) is 2.37. The maximum Gasteiger partial charge on any atom is 0.363 e. The van der Waals surface area contributed by atoms with Crippen molar-refractivity contribution in [3.8, 4) is 11.5 Å². The monoisotopic (exact) mass is 467 g/mol. The maximum atomic E-state index is 12.3. The fraction of sp³-hybridized carbons (Fsp3) is 0.190. The second-order valence-electron chi connectivity index (χ2n) is 6.22. The highest BCUT2D eigenvalue weighted by Gasteiger charge is 2.26. The molecular formula is C21H16Cl3NO5. The van der Waals surface area contributed by atoms with Gasteiger partial charge in [-0.2, -0.15) is 0 Å². The Morgan fingerprint density at radius 1 is 1.17 bits per heavy atom. The topological polar surface area (TPSA) is 74.2 Å². The number of carbonyl (C=O) groups excluding carboxylic acids is 2. The Hall–Kier alpha value is -2.54. The molecule has 0 fully saturated rings. The van der Waals surface area contributed by atoms with E-state index in [9.17, 15) is 9.59 Å². The first-order valence-electron chi connectivity index (χ1n) is 8.88. The van der Waals surface area contributed by atoms with E-state index >= 15 is 0 Å². The van der Waals surface area contributed by atoms with E-state index in [0.717, 1.165) is 0 Å². The van der Waals surface area contributed by atoms with E-state index < -0.39 is 11.9 Å². The number of hydrogen-bond acceptors (Lipinski definition) is 6. The Bertz CT molecular complexity index is 1080. The van der Waals surface area contributed by atoms with E-state index in [1.165, 1.54) is 25.3 Å². The third-order valence-corrected chi connectivity index (χ3v) is 4.84. The van der Waals surface area contributed by atoms with Gasteiger partial charge in [-0.1, -0.05) is 41.7 Å². The number of cyclic esters (lactones) is 1. The summed E-state index contributed by atoms with van der Waals surface area (Å²) in [5.74, 6) is -0.640.